The zero-order valence-corrected chi connectivity index (χ0v) is 20.6. The summed E-state index contributed by atoms with van der Waals surface area (Å²) in [5.41, 5.74) is 3.06. The summed E-state index contributed by atoms with van der Waals surface area (Å²) in [6, 6.07) is 29.8. The van der Waals surface area contributed by atoms with E-state index in [4.69, 9.17) is 0 Å². The first-order chi connectivity index (χ1) is 16.4. The van der Waals surface area contributed by atoms with E-state index in [0.29, 0.717) is 22.0 Å². The van der Waals surface area contributed by atoms with Crippen molar-refractivity contribution in [1.82, 2.24) is 9.97 Å². The number of nitrogens with zero attached hydrogens (tertiary/aromatic N) is 2. The van der Waals surface area contributed by atoms with Gasteiger partial charge in [-0.15, -0.1) is 53.4 Å². The van der Waals surface area contributed by atoms with E-state index < -0.39 is 12.6 Å². The molecule has 0 N–H and O–H groups in total. The molecule has 0 aliphatic carbocycles. The molecule has 179 valence electrons. The third kappa shape index (κ3) is 7.28. The standard InChI is InChI=1S/C17H11F3N.C11H7FN.Ir/c18-17(19,20)11-14-10-13(16-7-3-4-8-21-16)9-12-5-1-2-6-15(12)14;12-10-6-4-9(5-7-10)11-3-1-2-8-13-11;/h1-8,10H,11H2;1-4,6-8H;/q2*-1;. The van der Waals surface area contributed by atoms with Crippen LogP contribution in [0.25, 0.3) is 33.3 Å². The topological polar surface area (TPSA) is 25.8 Å². The molecule has 2 aromatic heterocycles. The molecule has 0 unspecified atom stereocenters. The second-order valence-electron chi connectivity index (χ2n) is 7.40. The summed E-state index contributed by atoms with van der Waals surface area (Å²) in [5, 5.41) is 1.24. The van der Waals surface area contributed by atoms with Crippen LogP contribution in [0.15, 0.2) is 97.3 Å². The van der Waals surface area contributed by atoms with E-state index in [0.717, 1.165) is 11.3 Å². The van der Waals surface area contributed by atoms with Gasteiger partial charge >= 0.3 is 6.18 Å². The molecule has 0 saturated heterocycles. The summed E-state index contributed by atoms with van der Waals surface area (Å²) in [7, 11) is 0. The Kier molecular flexibility index (Phi) is 8.85. The largest absolute Gasteiger partial charge is 0.391 e. The molecule has 7 heteroatoms. The van der Waals surface area contributed by atoms with Crippen molar-refractivity contribution in [2.45, 2.75) is 12.6 Å². The van der Waals surface area contributed by atoms with Gasteiger partial charge < -0.3 is 4.98 Å². The van der Waals surface area contributed by atoms with Crippen LogP contribution in [0.1, 0.15) is 5.56 Å². The van der Waals surface area contributed by atoms with Crippen LogP contribution in [0, 0.1) is 17.9 Å². The van der Waals surface area contributed by atoms with Gasteiger partial charge in [-0.2, -0.15) is 13.2 Å². The van der Waals surface area contributed by atoms with Gasteiger partial charge in [0.05, 0.1) is 6.42 Å². The van der Waals surface area contributed by atoms with Crippen molar-refractivity contribution in [3.63, 3.8) is 0 Å². The molecule has 0 atom stereocenters. The van der Waals surface area contributed by atoms with Crippen molar-refractivity contribution < 1.29 is 37.7 Å². The van der Waals surface area contributed by atoms with Gasteiger partial charge in [-0.05, 0) is 17.8 Å². The van der Waals surface area contributed by atoms with Crippen LogP contribution in [-0.2, 0) is 26.5 Å². The van der Waals surface area contributed by atoms with Gasteiger partial charge in [0.1, 0.15) is 0 Å². The Hall–Kier alpha value is -3.41. The van der Waals surface area contributed by atoms with E-state index in [-0.39, 0.29) is 31.5 Å². The van der Waals surface area contributed by atoms with Crippen molar-refractivity contribution in [3.05, 3.63) is 121 Å². The first-order valence-corrected chi connectivity index (χ1v) is 10.4. The zero-order valence-electron chi connectivity index (χ0n) is 18.2. The molecule has 0 saturated carbocycles. The van der Waals surface area contributed by atoms with Crippen LogP contribution in [0.5, 0.6) is 0 Å². The number of halogens is 4. The number of rotatable bonds is 3. The van der Waals surface area contributed by atoms with E-state index >= 15 is 0 Å². The molecule has 0 amide bonds. The maximum absolute atomic E-state index is 12.8. The van der Waals surface area contributed by atoms with Gasteiger partial charge in [0.25, 0.3) is 0 Å². The molecular weight excluding hydrogens is 633 g/mol. The minimum atomic E-state index is -4.24. The first kappa shape index (κ1) is 26.2. The van der Waals surface area contributed by atoms with E-state index in [1.807, 2.05) is 18.2 Å². The molecule has 0 aliphatic heterocycles. The predicted octanol–water partition coefficient (Wildman–Crippen LogP) is 7.49. The molecule has 3 aromatic carbocycles. The van der Waals surface area contributed by atoms with Gasteiger partial charge in [0.2, 0.25) is 0 Å². The monoisotopic (exact) mass is 651 g/mol. The van der Waals surface area contributed by atoms with Crippen LogP contribution in [-0.4, -0.2) is 16.1 Å². The third-order valence-corrected chi connectivity index (χ3v) is 4.91. The van der Waals surface area contributed by atoms with Crippen molar-refractivity contribution in [2.75, 3.05) is 0 Å². The molecule has 0 fully saturated rings. The number of hydrogen-bond acceptors (Lipinski definition) is 2. The van der Waals surface area contributed by atoms with Crippen molar-refractivity contribution >= 4 is 10.8 Å². The number of aromatic nitrogens is 2. The summed E-state index contributed by atoms with van der Waals surface area (Å²) >= 11 is 0. The Morgan fingerprint density at radius 2 is 1.37 bits per heavy atom. The van der Waals surface area contributed by atoms with E-state index in [1.165, 1.54) is 18.2 Å². The summed E-state index contributed by atoms with van der Waals surface area (Å²) in [6.45, 7) is 0. The molecule has 35 heavy (non-hydrogen) atoms. The van der Waals surface area contributed by atoms with Crippen LogP contribution in [0.4, 0.5) is 17.6 Å². The molecule has 0 spiro atoms. The Morgan fingerprint density at radius 3 is 1.94 bits per heavy atom. The predicted molar refractivity (Wildman–Crippen MR) is 124 cm³/mol. The maximum atomic E-state index is 12.8. The summed E-state index contributed by atoms with van der Waals surface area (Å²) in [5.74, 6) is -0.278. The van der Waals surface area contributed by atoms with Gasteiger partial charge in [0.15, 0.2) is 0 Å². The van der Waals surface area contributed by atoms with Crippen LogP contribution in [0.2, 0.25) is 0 Å². The Morgan fingerprint density at radius 1 is 0.743 bits per heavy atom. The number of benzene rings is 3. The fourth-order valence-electron chi connectivity index (χ4n) is 3.41. The molecule has 2 nitrogen and oxygen atoms in total. The Labute approximate surface area is 214 Å². The van der Waals surface area contributed by atoms with Crippen LogP contribution >= 0.6 is 0 Å². The number of alkyl halides is 3. The summed E-state index contributed by atoms with van der Waals surface area (Å²) in [6.07, 6.45) is -1.89. The summed E-state index contributed by atoms with van der Waals surface area (Å²) < 4.78 is 50.9. The minimum absolute atomic E-state index is 0. The normalized spacial score (nSPS) is 10.7. The van der Waals surface area contributed by atoms with Crippen molar-refractivity contribution in [1.29, 1.82) is 0 Å². The minimum Gasteiger partial charge on any atom is -0.305 e. The molecule has 0 aliphatic rings. The fraction of sp³-hybridized carbons (Fsp3) is 0.0714. The number of pyridine rings is 2. The average Bonchev–Trinajstić information content (AvgIpc) is 2.85. The van der Waals surface area contributed by atoms with Gasteiger partial charge in [-0.1, -0.05) is 59.0 Å². The van der Waals surface area contributed by atoms with Crippen LogP contribution in [0.3, 0.4) is 0 Å². The first-order valence-electron chi connectivity index (χ1n) is 10.4. The molecular formula is C28H18F4IrN2-2. The Bertz CT molecular complexity index is 1360. The number of fused-ring (bicyclic) bond motifs is 1. The van der Waals surface area contributed by atoms with Crippen molar-refractivity contribution in [2.24, 2.45) is 0 Å². The quantitative estimate of drug-likeness (QED) is 0.149. The second-order valence-corrected chi connectivity index (χ2v) is 7.40. The maximum Gasteiger partial charge on any atom is 0.391 e. The van der Waals surface area contributed by atoms with Crippen molar-refractivity contribution in [3.8, 4) is 22.5 Å². The van der Waals surface area contributed by atoms with E-state index in [9.17, 15) is 17.6 Å². The third-order valence-electron chi connectivity index (χ3n) is 4.91. The molecule has 2 heterocycles. The smallest absolute Gasteiger partial charge is 0.305 e. The molecule has 5 aromatic rings. The van der Waals surface area contributed by atoms with Crippen LogP contribution < -0.4 is 0 Å². The van der Waals surface area contributed by atoms with E-state index in [2.05, 4.69) is 22.1 Å². The Balaban J connectivity index is 0.000000211. The molecule has 1 radical (unpaired) electrons. The average molecular weight is 651 g/mol. The van der Waals surface area contributed by atoms with Gasteiger partial charge in [-0.25, -0.2) is 0 Å². The zero-order chi connectivity index (χ0) is 24.0. The van der Waals surface area contributed by atoms with Gasteiger partial charge in [0, 0.05) is 44.0 Å². The van der Waals surface area contributed by atoms with E-state index in [1.54, 1.807) is 60.9 Å². The fourth-order valence-corrected chi connectivity index (χ4v) is 3.41. The molecule has 0 bridgehead atoms. The van der Waals surface area contributed by atoms with Gasteiger partial charge in [-0.3, -0.25) is 9.37 Å². The summed E-state index contributed by atoms with van der Waals surface area (Å²) in [4.78, 5) is 8.31. The molecule has 5 rings (SSSR count). The second kappa shape index (κ2) is 11.8. The number of hydrogen-bond donors (Lipinski definition) is 0. The SMILES string of the molecule is FC(F)(F)Cc1cc(-c2ccccn2)[c-]c2ccccc12.Fc1c[c-]c(-c2ccccn2)cc1.[Ir].